The van der Waals surface area contributed by atoms with Crippen molar-refractivity contribution in [1.82, 2.24) is 0 Å². The third-order valence-electron chi connectivity index (χ3n) is 4.67. The van der Waals surface area contributed by atoms with E-state index in [0.717, 1.165) is 39.1 Å². The molecular weight excluding hydrogens is 387 g/mol. The minimum Gasteiger partial charge on any atom is -0.323 e. The Morgan fingerprint density at radius 3 is 1.71 bits per heavy atom. The first kappa shape index (κ1) is 18.6. The van der Waals surface area contributed by atoms with Gasteiger partial charge in [0, 0.05) is 15.6 Å². The van der Waals surface area contributed by atoms with Crippen molar-refractivity contribution in [2.45, 2.75) is 0 Å². The summed E-state index contributed by atoms with van der Waals surface area (Å²) in [5.74, 6) is 5.88. The first-order valence-electron chi connectivity index (χ1n) is 8.88. The highest BCUT2D eigenvalue weighted by molar-refractivity contribution is 6.31. The molecule has 0 saturated heterocycles. The first-order valence-corrected chi connectivity index (χ1v) is 9.64. The minimum absolute atomic E-state index is 0.669. The molecule has 0 aromatic heterocycles. The van der Waals surface area contributed by atoms with Gasteiger partial charge in [0.2, 0.25) is 0 Å². The summed E-state index contributed by atoms with van der Waals surface area (Å²) in [5.41, 5.74) is 9.89. The highest BCUT2D eigenvalue weighted by atomic mass is 35.5. The van der Waals surface area contributed by atoms with Gasteiger partial charge in [0.15, 0.2) is 0 Å². The van der Waals surface area contributed by atoms with Crippen molar-refractivity contribution in [3.8, 4) is 33.4 Å². The maximum atomic E-state index is 6.33. The van der Waals surface area contributed by atoms with E-state index < -0.39 is 0 Å². The SMILES string of the molecule is NNc1ccc(-c2ccccc2)c(-c2cccc(Cl)c2)c1-c1cccc(Cl)c1. The molecule has 0 spiro atoms. The van der Waals surface area contributed by atoms with Crippen molar-refractivity contribution in [2.24, 2.45) is 5.84 Å². The molecule has 0 aliphatic carbocycles. The van der Waals surface area contributed by atoms with Gasteiger partial charge in [-0.05, 0) is 58.1 Å². The molecule has 28 heavy (non-hydrogen) atoms. The number of hydrogen-bond acceptors (Lipinski definition) is 2. The smallest absolute Gasteiger partial charge is 0.0570 e. The van der Waals surface area contributed by atoms with Crippen LogP contribution in [0.15, 0.2) is 91.0 Å². The van der Waals surface area contributed by atoms with Crippen LogP contribution in [-0.2, 0) is 0 Å². The van der Waals surface area contributed by atoms with Crippen molar-refractivity contribution in [3.05, 3.63) is 101 Å². The first-order chi connectivity index (χ1) is 13.7. The van der Waals surface area contributed by atoms with Gasteiger partial charge in [0.05, 0.1) is 5.69 Å². The van der Waals surface area contributed by atoms with E-state index in [9.17, 15) is 0 Å². The van der Waals surface area contributed by atoms with Crippen LogP contribution >= 0.6 is 23.2 Å². The van der Waals surface area contributed by atoms with Gasteiger partial charge in [-0.25, -0.2) is 0 Å². The Hall–Kier alpha value is -2.78. The third kappa shape index (κ3) is 3.63. The molecule has 4 aromatic carbocycles. The largest absolute Gasteiger partial charge is 0.323 e. The standard InChI is InChI=1S/C24H18Cl2N2/c25-19-10-4-8-17(14-19)23-21(16-6-2-1-3-7-16)12-13-22(28-27)24(23)18-9-5-11-20(26)15-18/h1-15,28H,27H2. The van der Waals surface area contributed by atoms with Crippen molar-refractivity contribution in [2.75, 3.05) is 5.43 Å². The molecule has 0 bridgehead atoms. The highest BCUT2D eigenvalue weighted by Gasteiger charge is 2.18. The molecule has 0 atom stereocenters. The van der Waals surface area contributed by atoms with Crippen LogP contribution in [-0.4, -0.2) is 0 Å². The molecule has 0 aliphatic heterocycles. The Labute approximate surface area is 174 Å². The van der Waals surface area contributed by atoms with Crippen molar-refractivity contribution in [3.63, 3.8) is 0 Å². The van der Waals surface area contributed by atoms with Crippen molar-refractivity contribution < 1.29 is 0 Å². The van der Waals surface area contributed by atoms with Gasteiger partial charge in [-0.3, -0.25) is 5.84 Å². The maximum absolute atomic E-state index is 6.33. The van der Waals surface area contributed by atoms with Crippen LogP contribution in [0, 0.1) is 0 Å². The fraction of sp³-hybridized carbons (Fsp3) is 0. The summed E-state index contributed by atoms with van der Waals surface area (Å²) in [6.07, 6.45) is 0. The van der Waals surface area contributed by atoms with Gasteiger partial charge in [-0.1, -0.05) is 83.9 Å². The predicted molar refractivity (Wildman–Crippen MR) is 121 cm³/mol. The summed E-state index contributed by atoms with van der Waals surface area (Å²) in [4.78, 5) is 0. The summed E-state index contributed by atoms with van der Waals surface area (Å²) in [6, 6.07) is 30.0. The molecular formula is C24H18Cl2N2. The molecule has 4 aromatic rings. The average molecular weight is 405 g/mol. The average Bonchev–Trinajstić information content (AvgIpc) is 2.73. The number of nitrogen functional groups attached to an aromatic ring is 1. The number of anilines is 1. The number of hydrazine groups is 1. The van der Waals surface area contributed by atoms with E-state index >= 15 is 0 Å². The quantitative estimate of drug-likeness (QED) is 0.277. The molecule has 0 aliphatic rings. The van der Waals surface area contributed by atoms with E-state index in [1.807, 2.05) is 66.7 Å². The molecule has 2 nitrogen and oxygen atoms in total. The molecule has 0 saturated carbocycles. The molecule has 4 rings (SSSR count). The Balaban J connectivity index is 2.11. The van der Waals surface area contributed by atoms with Crippen LogP contribution in [0.5, 0.6) is 0 Å². The summed E-state index contributed by atoms with van der Waals surface area (Å²) in [5, 5.41) is 1.35. The lowest BCUT2D eigenvalue weighted by atomic mass is 9.86. The van der Waals surface area contributed by atoms with Gasteiger partial charge >= 0.3 is 0 Å². The maximum Gasteiger partial charge on any atom is 0.0570 e. The molecule has 0 amide bonds. The van der Waals surface area contributed by atoms with Gasteiger partial charge in [-0.15, -0.1) is 0 Å². The number of halogens is 2. The molecule has 0 unspecified atom stereocenters. The van der Waals surface area contributed by atoms with Crippen LogP contribution in [0.3, 0.4) is 0 Å². The zero-order valence-electron chi connectivity index (χ0n) is 15.0. The van der Waals surface area contributed by atoms with E-state index in [2.05, 4.69) is 29.7 Å². The molecule has 0 heterocycles. The second kappa shape index (κ2) is 8.07. The van der Waals surface area contributed by atoms with E-state index in [4.69, 9.17) is 29.0 Å². The van der Waals surface area contributed by atoms with E-state index in [1.165, 1.54) is 0 Å². The van der Waals surface area contributed by atoms with Gasteiger partial charge in [-0.2, -0.15) is 0 Å². The molecule has 4 heteroatoms. The summed E-state index contributed by atoms with van der Waals surface area (Å²) in [6.45, 7) is 0. The Kier molecular flexibility index (Phi) is 5.36. The number of rotatable bonds is 4. The third-order valence-corrected chi connectivity index (χ3v) is 5.14. The Morgan fingerprint density at radius 2 is 1.14 bits per heavy atom. The lowest BCUT2D eigenvalue weighted by Gasteiger charge is -2.20. The zero-order chi connectivity index (χ0) is 19.5. The van der Waals surface area contributed by atoms with Crippen LogP contribution in [0.2, 0.25) is 10.0 Å². The summed E-state index contributed by atoms with van der Waals surface area (Å²) in [7, 11) is 0. The van der Waals surface area contributed by atoms with Gasteiger partial charge in [0.25, 0.3) is 0 Å². The van der Waals surface area contributed by atoms with Gasteiger partial charge < -0.3 is 5.43 Å². The van der Waals surface area contributed by atoms with E-state index in [0.29, 0.717) is 10.0 Å². The minimum atomic E-state index is 0.669. The van der Waals surface area contributed by atoms with Crippen LogP contribution in [0.1, 0.15) is 0 Å². The van der Waals surface area contributed by atoms with Crippen LogP contribution < -0.4 is 11.3 Å². The highest BCUT2D eigenvalue weighted by Crippen LogP contribution is 2.44. The Morgan fingerprint density at radius 1 is 0.571 bits per heavy atom. The predicted octanol–water partition coefficient (Wildman–Crippen LogP) is 7.28. The second-order valence-corrected chi connectivity index (χ2v) is 7.31. The fourth-order valence-corrected chi connectivity index (χ4v) is 3.85. The number of nitrogens with two attached hydrogens (primary N) is 1. The monoisotopic (exact) mass is 404 g/mol. The van der Waals surface area contributed by atoms with Crippen LogP contribution in [0.25, 0.3) is 33.4 Å². The van der Waals surface area contributed by atoms with Crippen LogP contribution in [0.4, 0.5) is 5.69 Å². The fourth-order valence-electron chi connectivity index (χ4n) is 3.47. The van der Waals surface area contributed by atoms with E-state index in [-0.39, 0.29) is 0 Å². The normalized spacial score (nSPS) is 10.7. The lowest BCUT2D eigenvalue weighted by Crippen LogP contribution is -2.09. The van der Waals surface area contributed by atoms with Gasteiger partial charge in [0.1, 0.15) is 0 Å². The van der Waals surface area contributed by atoms with E-state index in [1.54, 1.807) is 0 Å². The molecule has 138 valence electrons. The number of benzene rings is 4. The number of nitrogens with one attached hydrogen (secondary N) is 1. The second-order valence-electron chi connectivity index (χ2n) is 6.44. The topological polar surface area (TPSA) is 38.0 Å². The van der Waals surface area contributed by atoms with Crippen molar-refractivity contribution in [1.29, 1.82) is 0 Å². The summed E-state index contributed by atoms with van der Waals surface area (Å²) >= 11 is 12.6. The lowest BCUT2D eigenvalue weighted by molar-refractivity contribution is 1.35. The zero-order valence-corrected chi connectivity index (χ0v) is 16.5. The summed E-state index contributed by atoms with van der Waals surface area (Å²) < 4.78 is 0. The molecule has 3 N–H and O–H groups in total. The molecule has 0 fully saturated rings. The Bertz CT molecular complexity index is 1120. The number of hydrogen-bond donors (Lipinski definition) is 2. The molecule has 0 radical (unpaired) electrons. The van der Waals surface area contributed by atoms with Crippen molar-refractivity contribution >= 4 is 28.9 Å².